The van der Waals surface area contributed by atoms with Crippen LogP contribution in [-0.4, -0.2) is 33.2 Å². The summed E-state index contributed by atoms with van der Waals surface area (Å²) in [6, 6.07) is 4.29. The minimum Gasteiger partial charge on any atom is -0.508 e. The summed E-state index contributed by atoms with van der Waals surface area (Å²) in [6.45, 7) is 0.418. The van der Waals surface area contributed by atoms with Crippen LogP contribution in [0, 0.1) is 0 Å². The van der Waals surface area contributed by atoms with Crippen molar-refractivity contribution in [2.24, 2.45) is 0 Å². The number of H-pyrrole nitrogens is 1. The lowest BCUT2D eigenvalue weighted by Gasteiger charge is -2.17. The molecule has 0 bridgehead atoms. The van der Waals surface area contributed by atoms with Crippen LogP contribution in [0.3, 0.4) is 0 Å². The number of aromatic hydroxyl groups is 1. The Morgan fingerprint density at radius 3 is 3.00 bits per heavy atom. The fourth-order valence-electron chi connectivity index (χ4n) is 1.59. The van der Waals surface area contributed by atoms with Crippen LogP contribution in [-0.2, 0) is 6.54 Å². The molecule has 0 aliphatic rings. The van der Waals surface area contributed by atoms with Gasteiger partial charge < -0.3 is 10.0 Å². The van der Waals surface area contributed by atoms with Crippen molar-refractivity contribution in [1.29, 1.82) is 0 Å². The van der Waals surface area contributed by atoms with E-state index in [0.29, 0.717) is 11.6 Å². The standard InChI is InChI=1S/C12H12ClN3O2/c1-16(7-8-5-14-15-6-8)12(18)10-4-9(17)2-3-11(10)13/h2-6,17H,7H2,1H3,(H,14,15). The number of rotatable bonds is 3. The molecule has 2 rings (SSSR count). The van der Waals surface area contributed by atoms with Crippen molar-refractivity contribution in [3.63, 3.8) is 0 Å². The van der Waals surface area contributed by atoms with Gasteiger partial charge in [0.2, 0.25) is 0 Å². The van der Waals surface area contributed by atoms with E-state index < -0.39 is 0 Å². The molecule has 0 fully saturated rings. The van der Waals surface area contributed by atoms with Crippen molar-refractivity contribution >= 4 is 17.5 Å². The van der Waals surface area contributed by atoms with E-state index in [1.165, 1.54) is 23.1 Å². The number of nitrogens with zero attached hydrogens (tertiary/aromatic N) is 2. The largest absolute Gasteiger partial charge is 0.508 e. The van der Waals surface area contributed by atoms with E-state index in [1.54, 1.807) is 19.4 Å². The molecule has 1 amide bonds. The predicted molar refractivity (Wildman–Crippen MR) is 67.5 cm³/mol. The molecular weight excluding hydrogens is 254 g/mol. The average Bonchev–Trinajstić information content (AvgIpc) is 2.84. The maximum Gasteiger partial charge on any atom is 0.255 e. The molecule has 0 radical (unpaired) electrons. The van der Waals surface area contributed by atoms with Gasteiger partial charge in [0.25, 0.3) is 5.91 Å². The van der Waals surface area contributed by atoms with Crippen LogP contribution in [0.5, 0.6) is 5.75 Å². The highest BCUT2D eigenvalue weighted by molar-refractivity contribution is 6.33. The lowest BCUT2D eigenvalue weighted by molar-refractivity contribution is 0.0785. The third-order valence-corrected chi connectivity index (χ3v) is 2.83. The number of benzene rings is 1. The summed E-state index contributed by atoms with van der Waals surface area (Å²) in [7, 11) is 1.66. The monoisotopic (exact) mass is 265 g/mol. The molecule has 94 valence electrons. The molecule has 0 aliphatic carbocycles. The van der Waals surface area contributed by atoms with Crippen LogP contribution < -0.4 is 0 Å². The highest BCUT2D eigenvalue weighted by Gasteiger charge is 2.16. The topological polar surface area (TPSA) is 69.2 Å². The summed E-state index contributed by atoms with van der Waals surface area (Å²) in [4.78, 5) is 13.6. The molecule has 0 saturated heterocycles. The molecule has 2 N–H and O–H groups in total. The molecule has 0 spiro atoms. The molecule has 1 aromatic carbocycles. The van der Waals surface area contributed by atoms with Gasteiger partial charge in [-0.25, -0.2) is 0 Å². The van der Waals surface area contributed by atoms with Gasteiger partial charge in [-0.05, 0) is 18.2 Å². The second-order valence-electron chi connectivity index (χ2n) is 3.93. The van der Waals surface area contributed by atoms with E-state index in [1.807, 2.05) is 0 Å². The van der Waals surface area contributed by atoms with Gasteiger partial charge in [0, 0.05) is 25.4 Å². The van der Waals surface area contributed by atoms with Gasteiger partial charge in [-0.1, -0.05) is 11.6 Å². The Kier molecular flexibility index (Phi) is 3.53. The van der Waals surface area contributed by atoms with E-state index in [0.717, 1.165) is 5.56 Å². The highest BCUT2D eigenvalue weighted by atomic mass is 35.5. The van der Waals surface area contributed by atoms with E-state index in [2.05, 4.69) is 10.2 Å². The normalized spacial score (nSPS) is 10.3. The van der Waals surface area contributed by atoms with E-state index in [-0.39, 0.29) is 17.2 Å². The average molecular weight is 266 g/mol. The van der Waals surface area contributed by atoms with Gasteiger partial charge in [0.1, 0.15) is 5.75 Å². The Morgan fingerprint density at radius 1 is 1.56 bits per heavy atom. The van der Waals surface area contributed by atoms with Crippen molar-refractivity contribution in [3.05, 3.63) is 46.7 Å². The molecule has 6 heteroatoms. The fraction of sp³-hybridized carbons (Fsp3) is 0.167. The number of amides is 1. The lowest BCUT2D eigenvalue weighted by atomic mass is 10.2. The minimum absolute atomic E-state index is 0.0134. The van der Waals surface area contributed by atoms with E-state index in [4.69, 9.17) is 11.6 Å². The van der Waals surface area contributed by atoms with E-state index >= 15 is 0 Å². The number of aromatic amines is 1. The van der Waals surface area contributed by atoms with Crippen LogP contribution in [0.1, 0.15) is 15.9 Å². The molecule has 0 unspecified atom stereocenters. The van der Waals surface area contributed by atoms with Crippen molar-refractivity contribution in [2.45, 2.75) is 6.54 Å². The number of nitrogens with one attached hydrogen (secondary N) is 1. The predicted octanol–water partition coefficient (Wildman–Crippen LogP) is 2.04. The molecule has 1 aromatic heterocycles. The van der Waals surface area contributed by atoms with Crippen LogP contribution in [0.4, 0.5) is 0 Å². The Labute approximate surface area is 109 Å². The molecule has 0 aliphatic heterocycles. The van der Waals surface area contributed by atoms with Gasteiger partial charge in [-0.3, -0.25) is 9.89 Å². The van der Waals surface area contributed by atoms with Crippen molar-refractivity contribution in [2.75, 3.05) is 7.05 Å². The number of carbonyl (C=O) groups excluding carboxylic acids is 1. The van der Waals surface area contributed by atoms with Crippen molar-refractivity contribution in [1.82, 2.24) is 15.1 Å². The molecule has 5 nitrogen and oxygen atoms in total. The Hall–Kier alpha value is -2.01. The highest BCUT2D eigenvalue weighted by Crippen LogP contribution is 2.22. The molecule has 1 heterocycles. The third-order valence-electron chi connectivity index (χ3n) is 2.50. The lowest BCUT2D eigenvalue weighted by Crippen LogP contribution is -2.26. The molecule has 18 heavy (non-hydrogen) atoms. The van der Waals surface area contributed by atoms with Gasteiger partial charge in [0.15, 0.2) is 0 Å². The first-order valence-corrected chi connectivity index (χ1v) is 5.67. The van der Waals surface area contributed by atoms with Gasteiger partial charge in [-0.15, -0.1) is 0 Å². The quantitative estimate of drug-likeness (QED) is 0.892. The summed E-state index contributed by atoms with van der Waals surface area (Å²) in [6.07, 6.45) is 3.36. The number of carbonyl (C=O) groups is 1. The van der Waals surface area contributed by atoms with Gasteiger partial charge in [-0.2, -0.15) is 5.10 Å². The zero-order valence-electron chi connectivity index (χ0n) is 9.72. The summed E-state index contributed by atoms with van der Waals surface area (Å²) in [5.74, 6) is -0.239. The smallest absolute Gasteiger partial charge is 0.255 e. The summed E-state index contributed by atoms with van der Waals surface area (Å²) < 4.78 is 0. The first kappa shape index (κ1) is 12.4. The second kappa shape index (κ2) is 5.10. The van der Waals surface area contributed by atoms with Crippen LogP contribution in [0.2, 0.25) is 5.02 Å². The SMILES string of the molecule is CN(Cc1cn[nH]c1)C(=O)c1cc(O)ccc1Cl. The first-order chi connectivity index (χ1) is 8.58. The number of hydrogen-bond donors (Lipinski definition) is 2. The minimum atomic E-state index is -0.253. The van der Waals surface area contributed by atoms with Crippen LogP contribution in [0.25, 0.3) is 0 Å². The number of halogens is 1. The Morgan fingerprint density at radius 2 is 2.33 bits per heavy atom. The second-order valence-corrected chi connectivity index (χ2v) is 4.34. The zero-order valence-corrected chi connectivity index (χ0v) is 10.5. The summed E-state index contributed by atoms with van der Waals surface area (Å²) in [5, 5.41) is 16.2. The number of hydrogen-bond acceptors (Lipinski definition) is 3. The van der Waals surface area contributed by atoms with E-state index in [9.17, 15) is 9.90 Å². The molecule has 0 saturated carbocycles. The van der Waals surface area contributed by atoms with Gasteiger partial charge >= 0.3 is 0 Å². The van der Waals surface area contributed by atoms with Gasteiger partial charge in [0.05, 0.1) is 16.8 Å². The zero-order chi connectivity index (χ0) is 13.1. The molecule has 2 aromatic rings. The maximum atomic E-state index is 12.1. The fourth-order valence-corrected chi connectivity index (χ4v) is 1.79. The van der Waals surface area contributed by atoms with Crippen LogP contribution >= 0.6 is 11.6 Å². The number of phenols is 1. The molecule has 0 atom stereocenters. The third kappa shape index (κ3) is 2.62. The summed E-state index contributed by atoms with van der Waals surface area (Å²) in [5.41, 5.74) is 1.17. The van der Waals surface area contributed by atoms with Crippen molar-refractivity contribution in [3.8, 4) is 5.75 Å². The summed E-state index contributed by atoms with van der Waals surface area (Å²) >= 11 is 5.94. The van der Waals surface area contributed by atoms with Crippen molar-refractivity contribution < 1.29 is 9.90 Å². The van der Waals surface area contributed by atoms with Crippen LogP contribution in [0.15, 0.2) is 30.6 Å². The Bertz CT molecular complexity index is 554. The Balaban J connectivity index is 2.17. The maximum absolute atomic E-state index is 12.1. The number of phenolic OH excluding ortho intramolecular Hbond substituents is 1. The molecular formula is C12H12ClN3O2. The number of aromatic nitrogens is 2. The first-order valence-electron chi connectivity index (χ1n) is 5.29.